The van der Waals surface area contributed by atoms with Gasteiger partial charge in [-0.1, -0.05) is 0 Å². The highest BCUT2D eigenvalue weighted by Gasteiger charge is 2.19. The molecule has 3 aromatic heterocycles. The Morgan fingerprint density at radius 1 is 1.03 bits per heavy atom. The van der Waals surface area contributed by atoms with E-state index in [4.69, 9.17) is 10.1 Å². The van der Waals surface area contributed by atoms with Gasteiger partial charge in [-0.3, -0.25) is 4.98 Å². The molecule has 0 unspecified atom stereocenters. The van der Waals surface area contributed by atoms with Crippen LogP contribution in [0.25, 0.3) is 16.6 Å². The quantitative estimate of drug-likeness (QED) is 0.358. The first kappa shape index (κ1) is 23.3. The van der Waals surface area contributed by atoms with Crippen LogP contribution in [0.15, 0.2) is 54.9 Å². The third-order valence-corrected chi connectivity index (χ3v) is 6.54. The van der Waals surface area contributed by atoms with E-state index >= 15 is 0 Å². The molecule has 5 rings (SSSR count). The Morgan fingerprint density at radius 2 is 1.89 bits per heavy atom. The van der Waals surface area contributed by atoms with Gasteiger partial charge in [0.15, 0.2) is 0 Å². The highest BCUT2D eigenvalue weighted by molar-refractivity contribution is 5.81. The van der Waals surface area contributed by atoms with Crippen LogP contribution in [0.5, 0.6) is 0 Å². The van der Waals surface area contributed by atoms with E-state index in [2.05, 4.69) is 26.4 Å². The molecule has 9 heteroatoms. The van der Waals surface area contributed by atoms with Gasteiger partial charge in [0.1, 0.15) is 11.6 Å². The second-order valence-electron chi connectivity index (χ2n) is 8.98. The molecule has 4 heterocycles. The Bertz CT molecular complexity index is 1300. The average molecular weight is 477 g/mol. The summed E-state index contributed by atoms with van der Waals surface area (Å²) in [5.74, 6) is 0.678. The van der Waals surface area contributed by atoms with Gasteiger partial charge in [-0.05, 0) is 68.6 Å². The fourth-order valence-corrected chi connectivity index (χ4v) is 4.57. The number of hydrogen-bond donors (Lipinski definition) is 3. The molecule has 1 fully saturated rings. The van der Waals surface area contributed by atoms with Crippen molar-refractivity contribution in [1.82, 2.24) is 24.6 Å². The van der Waals surface area contributed by atoms with Gasteiger partial charge in [0, 0.05) is 42.2 Å². The third-order valence-electron chi connectivity index (χ3n) is 6.54. The number of fused-ring (bicyclic) bond motifs is 1. The third kappa shape index (κ3) is 5.48. The second kappa shape index (κ2) is 10.5. The maximum atomic E-state index is 14.8. The molecule has 1 aliphatic rings. The Morgan fingerprint density at radius 3 is 2.63 bits per heavy atom. The van der Waals surface area contributed by atoms with E-state index in [1.165, 1.54) is 10.7 Å². The predicted molar refractivity (Wildman–Crippen MR) is 132 cm³/mol. The number of rotatable bonds is 8. The largest absolute Gasteiger partial charge is 0.395 e. The number of nitrogens with zero attached hydrogens (tertiary/aromatic N) is 5. The fraction of sp³-hybridized carbons (Fsp3) is 0.346. The number of aliphatic hydroxyl groups excluding tert-OH is 2. The highest BCUT2D eigenvalue weighted by Crippen LogP contribution is 2.25. The van der Waals surface area contributed by atoms with E-state index in [1.54, 1.807) is 30.6 Å². The van der Waals surface area contributed by atoms with Crippen molar-refractivity contribution in [3.8, 4) is 5.69 Å². The molecule has 182 valence electrons. The first-order valence-corrected chi connectivity index (χ1v) is 11.9. The Labute approximate surface area is 203 Å². The Kier molecular flexibility index (Phi) is 6.98. The lowest BCUT2D eigenvalue weighted by Crippen LogP contribution is -2.36. The van der Waals surface area contributed by atoms with Crippen LogP contribution < -0.4 is 5.32 Å². The van der Waals surface area contributed by atoms with Crippen LogP contribution in [-0.2, 0) is 13.0 Å². The number of aromatic nitrogens is 4. The summed E-state index contributed by atoms with van der Waals surface area (Å²) in [6.07, 6.45) is 6.57. The van der Waals surface area contributed by atoms with E-state index in [0.29, 0.717) is 28.8 Å². The zero-order valence-electron chi connectivity index (χ0n) is 19.4. The van der Waals surface area contributed by atoms with Gasteiger partial charge in [-0.25, -0.2) is 14.1 Å². The minimum atomic E-state index is -0.431. The van der Waals surface area contributed by atoms with Crippen molar-refractivity contribution >= 4 is 22.4 Å². The van der Waals surface area contributed by atoms with Crippen molar-refractivity contribution in [3.63, 3.8) is 0 Å². The number of piperidine rings is 1. The minimum Gasteiger partial charge on any atom is -0.395 e. The summed E-state index contributed by atoms with van der Waals surface area (Å²) in [4.78, 5) is 11.6. The lowest BCUT2D eigenvalue weighted by Gasteiger charge is -2.31. The summed E-state index contributed by atoms with van der Waals surface area (Å²) in [7, 11) is 0. The number of benzene rings is 1. The molecule has 0 radical (unpaired) electrons. The number of nitrogens with one attached hydrogen (secondary N) is 1. The number of pyridine rings is 2. The molecule has 8 nitrogen and oxygen atoms in total. The molecule has 0 bridgehead atoms. The smallest absolute Gasteiger partial charge is 0.148 e. The van der Waals surface area contributed by atoms with Crippen LogP contribution >= 0.6 is 0 Å². The van der Waals surface area contributed by atoms with E-state index in [1.807, 2.05) is 12.1 Å². The normalized spacial score (nSPS) is 15.1. The number of hydrogen-bond acceptors (Lipinski definition) is 7. The maximum absolute atomic E-state index is 14.8. The second-order valence-corrected chi connectivity index (χ2v) is 8.98. The van der Waals surface area contributed by atoms with Crippen molar-refractivity contribution in [3.05, 3.63) is 72.1 Å². The molecule has 1 saturated heterocycles. The summed E-state index contributed by atoms with van der Waals surface area (Å²) < 4.78 is 16.3. The fourth-order valence-electron chi connectivity index (χ4n) is 4.57. The van der Waals surface area contributed by atoms with Crippen molar-refractivity contribution < 1.29 is 14.6 Å². The van der Waals surface area contributed by atoms with Crippen molar-refractivity contribution in [2.75, 3.05) is 31.6 Å². The SMILES string of the molecule is OCCN1CCC(Cc2ccc3cnc(Nc4ccc(-n5ccc(CO)n5)cc4F)cc3n2)CC1. The summed E-state index contributed by atoms with van der Waals surface area (Å²) in [5, 5.41) is 26.5. The maximum Gasteiger partial charge on any atom is 0.148 e. The monoisotopic (exact) mass is 476 g/mol. The molecule has 1 aromatic carbocycles. The van der Waals surface area contributed by atoms with Crippen LogP contribution in [0, 0.1) is 11.7 Å². The molecule has 35 heavy (non-hydrogen) atoms. The Balaban J connectivity index is 1.28. The van der Waals surface area contributed by atoms with Crippen LogP contribution in [0.1, 0.15) is 24.2 Å². The van der Waals surface area contributed by atoms with Gasteiger partial charge in [0.25, 0.3) is 0 Å². The molecule has 0 amide bonds. The van der Waals surface area contributed by atoms with Crippen molar-refractivity contribution in [2.45, 2.75) is 25.9 Å². The Hall–Kier alpha value is -3.40. The summed E-state index contributed by atoms with van der Waals surface area (Å²) in [6.45, 7) is 2.84. The first-order chi connectivity index (χ1) is 17.1. The van der Waals surface area contributed by atoms with E-state index in [0.717, 1.165) is 55.5 Å². The van der Waals surface area contributed by atoms with Crippen LogP contribution in [-0.4, -0.2) is 61.1 Å². The predicted octanol–water partition coefficient (Wildman–Crippen LogP) is 3.44. The molecular formula is C26H29FN6O2. The first-order valence-electron chi connectivity index (χ1n) is 11.9. The van der Waals surface area contributed by atoms with Crippen LogP contribution in [0.4, 0.5) is 15.9 Å². The number of halogens is 1. The number of β-amino-alcohol motifs (C(OH)–C–C–N with tert-alkyl or cyclic N) is 1. The van der Waals surface area contributed by atoms with Crippen LogP contribution in [0.2, 0.25) is 0 Å². The number of likely N-dealkylation sites (tertiary alicyclic amines) is 1. The number of aliphatic hydroxyl groups is 2. The van der Waals surface area contributed by atoms with Crippen molar-refractivity contribution in [2.24, 2.45) is 5.92 Å². The van der Waals surface area contributed by atoms with E-state index in [-0.39, 0.29) is 13.2 Å². The van der Waals surface area contributed by atoms with E-state index in [9.17, 15) is 9.50 Å². The van der Waals surface area contributed by atoms with Gasteiger partial charge >= 0.3 is 0 Å². The summed E-state index contributed by atoms with van der Waals surface area (Å²) in [5.41, 5.74) is 3.26. The van der Waals surface area contributed by atoms with Gasteiger partial charge in [0.05, 0.1) is 35.8 Å². The zero-order chi connectivity index (χ0) is 24.2. The van der Waals surface area contributed by atoms with E-state index < -0.39 is 5.82 Å². The standard InChI is InChI=1S/C26H29FN6O2/c27-23-14-22(33-10-7-21(17-35)31-33)3-4-24(23)30-26-15-25-19(16-28-26)1-2-20(29-25)13-18-5-8-32(9-6-18)11-12-34/h1-4,7,10,14-16,18,34-35H,5-6,8-9,11-13,17H2,(H,28,30). The number of anilines is 2. The lowest BCUT2D eigenvalue weighted by atomic mass is 9.92. The molecule has 0 atom stereocenters. The molecule has 4 aromatic rings. The molecule has 0 saturated carbocycles. The summed E-state index contributed by atoms with van der Waals surface area (Å²) >= 11 is 0. The topological polar surface area (TPSA) is 99.3 Å². The lowest BCUT2D eigenvalue weighted by molar-refractivity contribution is 0.147. The van der Waals surface area contributed by atoms with Gasteiger partial charge in [0.2, 0.25) is 0 Å². The van der Waals surface area contributed by atoms with Gasteiger partial charge in [-0.15, -0.1) is 0 Å². The molecular weight excluding hydrogens is 447 g/mol. The molecule has 1 aliphatic heterocycles. The molecule has 3 N–H and O–H groups in total. The average Bonchev–Trinajstić information content (AvgIpc) is 3.36. The molecule has 0 aliphatic carbocycles. The summed E-state index contributed by atoms with van der Waals surface area (Å²) in [6, 6.07) is 12.4. The molecule has 0 spiro atoms. The zero-order valence-corrected chi connectivity index (χ0v) is 19.4. The highest BCUT2D eigenvalue weighted by atomic mass is 19.1. The van der Waals surface area contributed by atoms with Gasteiger partial charge < -0.3 is 20.4 Å². The van der Waals surface area contributed by atoms with Crippen LogP contribution in [0.3, 0.4) is 0 Å². The van der Waals surface area contributed by atoms with Crippen molar-refractivity contribution in [1.29, 1.82) is 0 Å². The minimum absolute atomic E-state index is 0.164. The van der Waals surface area contributed by atoms with Gasteiger partial charge in [-0.2, -0.15) is 5.10 Å².